The second-order valence-corrected chi connectivity index (χ2v) is 10.3. The van der Waals surface area contributed by atoms with Crippen LogP contribution in [-0.2, 0) is 32.5 Å². The number of aromatic nitrogens is 1. The SMILES string of the molecule is CCc1ccc(C(=O)N(Cc2cccnc2)CC2CCCO2)cc1S(=O)(=O)N1CCOCC1. The molecule has 1 unspecified atom stereocenters. The Hall–Kier alpha value is -2.33. The lowest BCUT2D eigenvalue weighted by molar-refractivity contribution is 0.0507. The summed E-state index contributed by atoms with van der Waals surface area (Å²) in [5.74, 6) is -0.213. The van der Waals surface area contributed by atoms with Gasteiger partial charge in [0.1, 0.15) is 0 Å². The number of sulfonamides is 1. The lowest BCUT2D eigenvalue weighted by Crippen LogP contribution is -2.41. The first-order valence-electron chi connectivity index (χ1n) is 11.5. The second-order valence-electron chi connectivity index (χ2n) is 8.37. The third kappa shape index (κ3) is 5.60. The number of pyridine rings is 1. The predicted octanol–water partition coefficient (Wildman–Crippen LogP) is 2.49. The van der Waals surface area contributed by atoms with E-state index in [0.717, 1.165) is 18.4 Å². The van der Waals surface area contributed by atoms with Crippen LogP contribution in [0.5, 0.6) is 0 Å². The van der Waals surface area contributed by atoms with Crippen LogP contribution in [0.15, 0.2) is 47.6 Å². The molecular formula is C24H31N3O5S. The Morgan fingerprint density at radius 3 is 2.70 bits per heavy atom. The van der Waals surface area contributed by atoms with Gasteiger partial charge in [0.25, 0.3) is 5.91 Å². The monoisotopic (exact) mass is 473 g/mol. The van der Waals surface area contributed by atoms with E-state index in [4.69, 9.17) is 9.47 Å². The van der Waals surface area contributed by atoms with Gasteiger partial charge in [-0.3, -0.25) is 9.78 Å². The molecule has 0 N–H and O–H groups in total. The maximum atomic E-state index is 13.6. The van der Waals surface area contributed by atoms with E-state index in [0.29, 0.717) is 63.5 Å². The highest BCUT2D eigenvalue weighted by atomic mass is 32.2. The quantitative estimate of drug-likeness (QED) is 0.585. The molecule has 178 valence electrons. The highest BCUT2D eigenvalue weighted by molar-refractivity contribution is 7.89. The maximum Gasteiger partial charge on any atom is 0.254 e. The molecule has 2 aliphatic heterocycles. The fourth-order valence-electron chi connectivity index (χ4n) is 4.29. The van der Waals surface area contributed by atoms with Gasteiger partial charge in [-0.2, -0.15) is 4.31 Å². The summed E-state index contributed by atoms with van der Waals surface area (Å²) in [6.07, 6.45) is 5.86. The third-order valence-electron chi connectivity index (χ3n) is 6.11. The van der Waals surface area contributed by atoms with Crippen LogP contribution >= 0.6 is 0 Å². The molecule has 4 rings (SSSR count). The minimum Gasteiger partial charge on any atom is -0.379 e. The van der Waals surface area contributed by atoms with Crippen molar-refractivity contribution in [3.63, 3.8) is 0 Å². The Labute approximate surface area is 195 Å². The molecule has 2 saturated heterocycles. The number of nitrogens with zero attached hydrogens (tertiary/aromatic N) is 3. The number of rotatable bonds is 8. The van der Waals surface area contributed by atoms with Crippen LogP contribution in [0.25, 0.3) is 0 Å². The molecule has 0 aliphatic carbocycles. The smallest absolute Gasteiger partial charge is 0.254 e. The Morgan fingerprint density at radius 2 is 2.03 bits per heavy atom. The lowest BCUT2D eigenvalue weighted by atomic mass is 10.1. The molecule has 2 aromatic rings. The van der Waals surface area contributed by atoms with Gasteiger partial charge in [0.2, 0.25) is 10.0 Å². The van der Waals surface area contributed by atoms with Gasteiger partial charge in [-0.15, -0.1) is 0 Å². The second kappa shape index (κ2) is 10.7. The molecule has 2 fully saturated rings. The average molecular weight is 474 g/mol. The summed E-state index contributed by atoms with van der Waals surface area (Å²) in [6, 6.07) is 8.79. The normalized spacial score (nSPS) is 19.5. The summed E-state index contributed by atoms with van der Waals surface area (Å²) in [4.78, 5) is 19.7. The molecule has 0 bridgehead atoms. The zero-order valence-electron chi connectivity index (χ0n) is 19.0. The molecule has 1 aromatic heterocycles. The highest BCUT2D eigenvalue weighted by Crippen LogP contribution is 2.25. The minimum absolute atomic E-state index is 0.0166. The fraction of sp³-hybridized carbons (Fsp3) is 0.500. The Morgan fingerprint density at radius 1 is 1.21 bits per heavy atom. The number of hydrogen-bond acceptors (Lipinski definition) is 6. The van der Waals surface area contributed by atoms with Gasteiger partial charge in [-0.05, 0) is 48.6 Å². The molecule has 0 saturated carbocycles. The molecule has 8 nitrogen and oxygen atoms in total. The Balaban J connectivity index is 1.64. The van der Waals surface area contributed by atoms with Crippen LogP contribution < -0.4 is 0 Å². The largest absolute Gasteiger partial charge is 0.379 e. The number of hydrogen-bond donors (Lipinski definition) is 0. The Kier molecular flexibility index (Phi) is 7.75. The average Bonchev–Trinajstić information content (AvgIpc) is 3.37. The van der Waals surface area contributed by atoms with Crippen LogP contribution in [0.2, 0.25) is 0 Å². The summed E-state index contributed by atoms with van der Waals surface area (Å²) in [5.41, 5.74) is 1.98. The van der Waals surface area contributed by atoms with Crippen LogP contribution in [-0.4, -0.2) is 74.1 Å². The van der Waals surface area contributed by atoms with Gasteiger partial charge in [0, 0.05) is 50.7 Å². The van der Waals surface area contributed by atoms with Gasteiger partial charge in [0.15, 0.2) is 0 Å². The van der Waals surface area contributed by atoms with Crippen molar-refractivity contribution in [2.75, 3.05) is 39.5 Å². The van der Waals surface area contributed by atoms with Gasteiger partial charge in [-0.1, -0.05) is 19.1 Å². The van der Waals surface area contributed by atoms with E-state index in [-0.39, 0.29) is 16.9 Å². The van der Waals surface area contributed by atoms with E-state index >= 15 is 0 Å². The molecular weight excluding hydrogens is 442 g/mol. The fourth-order valence-corrected chi connectivity index (χ4v) is 6.02. The molecule has 9 heteroatoms. The molecule has 0 spiro atoms. The molecule has 1 aromatic carbocycles. The van der Waals surface area contributed by atoms with Gasteiger partial charge in [-0.25, -0.2) is 8.42 Å². The zero-order valence-corrected chi connectivity index (χ0v) is 19.8. The van der Waals surface area contributed by atoms with Crippen molar-refractivity contribution >= 4 is 15.9 Å². The number of carbonyl (C=O) groups excluding carboxylic acids is 1. The molecule has 3 heterocycles. The number of aryl methyl sites for hydroxylation is 1. The standard InChI is InChI=1S/C24H31N3O5S/c1-2-20-7-8-21(15-23(20)33(29,30)27-10-13-31-14-11-27)24(28)26(18-22-6-4-12-32-22)17-19-5-3-9-25-16-19/h3,5,7-9,15-16,22H,2,4,6,10-14,17-18H2,1H3. The van der Waals surface area contributed by atoms with Crippen molar-refractivity contribution < 1.29 is 22.7 Å². The first kappa shape index (κ1) is 23.8. The molecule has 0 radical (unpaired) electrons. The number of ether oxygens (including phenoxy) is 2. The van der Waals surface area contributed by atoms with Crippen molar-refractivity contribution in [1.29, 1.82) is 0 Å². The topological polar surface area (TPSA) is 89.0 Å². The number of benzene rings is 1. The van der Waals surface area contributed by atoms with E-state index in [9.17, 15) is 13.2 Å². The highest BCUT2D eigenvalue weighted by Gasteiger charge is 2.30. The van der Waals surface area contributed by atoms with Crippen molar-refractivity contribution in [3.8, 4) is 0 Å². The first-order chi connectivity index (χ1) is 16.0. The molecule has 1 amide bonds. The van der Waals surface area contributed by atoms with Crippen LogP contribution in [0, 0.1) is 0 Å². The summed E-state index contributed by atoms with van der Waals surface area (Å²) < 4.78 is 39.3. The van der Waals surface area contributed by atoms with Gasteiger partial charge in [0.05, 0.1) is 24.2 Å². The molecule has 1 atom stereocenters. The molecule has 33 heavy (non-hydrogen) atoms. The Bertz CT molecular complexity index is 1050. The summed E-state index contributed by atoms with van der Waals surface area (Å²) >= 11 is 0. The summed E-state index contributed by atoms with van der Waals surface area (Å²) in [6.45, 7) is 4.83. The van der Waals surface area contributed by atoms with E-state index < -0.39 is 10.0 Å². The zero-order chi connectivity index (χ0) is 23.3. The van der Waals surface area contributed by atoms with Crippen LogP contribution in [0.1, 0.15) is 41.3 Å². The predicted molar refractivity (Wildman–Crippen MR) is 123 cm³/mol. The van der Waals surface area contributed by atoms with Crippen molar-refractivity contribution in [2.45, 2.75) is 43.7 Å². The van der Waals surface area contributed by atoms with Crippen LogP contribution in [0.3, 0.4) is 0 Å². The van der Waals surface area contributed by atoms with Crippen LogP contribution in [0.4, 0.5) is 0 Å². The minimum atomic E-state index is -3.72. The number of amides is 1. The number of morpholine rings is 1. The van der Waals surface area contributed by atoms with E-state index in [1.54, 1.807) is 29.4 Å². The first-order valence-corrected chi connectivity index (χ1v) is 12.9. The summed E-state index contributed by atoms with van der Waals surface area (Å²) in [5, 5.41) is 0. The van der Waals surface area contributed by atoms with Gasteiger partial charge < -0.3 is 14.4 Å². The van der Waals surface area contributed by atoms with E-state index in [1.807, 2.05) is 19.1 Å². The summed E-state index contributed by atoms with van der Waals surface area (Å²) in [7, 11) is -3.72. The van der Waals surface area contributed by atoms with Crippen molar-refractivity contribution in [3.05, 3.63) is 59.4 Å². The number of carbonyl (C=O) groups is 1. The van der Waals surface area contributed by atoms with Gasteiger partial charge >= 0.3 is 0 Å². The molecule has 2 aliphatic rings. The van der Waals surface area contributed by atoms with E-state index in [1.165, 1.54) is 10.4 Å². The maximum absolute atomic E-state index is 13.6. The van der Waals surface area contributed by atoms with E-state index in [2.05, 4.69) is 4.98 Å². The lowest BCUT2D eigenvalue weighted by Gasteiger charge is -2.28. The van der Waals surface area contributed by atoms with Crippen molar-refractivity contribution in [1.82, 2.24) is 14.2 Å². The van der Waals surface area contributed by atoms with Crippen molar-refractivity contribution in [2.24, 2.45) is 0 Å². The third-order valence-corrected chi connectivity index (χ3v) is 8.10.